The van der Waals surface area contributed by atoms with Crippen LogP contribution in [0.1, 0.15) is 36.4 Å². The van der Waals surface area contributed by atoms with E-state index in [0.717, 1.165) is 32.5 Å². The Bertz CT molecular complexity index is 429. The highest BCUT2D eigenvalue weighted by molar-refractivity contribution is 7.11. The molecule has 0 amide bonds. The minimum atomic E-state index is -0.454. The lowest BCUT2D eigenvalue weighted by Gasteiger charge is -2.27. The van der Waals surface area contributed by atoms with Crippen molar-refractivity contribution < 1.29 is 14.6 Å². The van der Waals surface area contributed by atoms with E-state index in [1.165, 1.54) is 9.75 Å². The third kappa shape index (κ3) is 6.34. The van der Waals surface area contributed by atoms with Crippen LogP contribution in [0.25, 0.3) is 0 Å². The lowest BCUT2D eigenvalue weighted by Crippen LogP contribution is -2.39. The van der Waals surface area contributed by atoms with Crippen molar-refractivity contribution in [3.63, 3.8) is 0 Å². The maximum atomic E-state index is 10.2. The molecule has 0 unspecified atom stereocenters. The first kappa shape index (κ1) is 17.9. The van der Waals surface area contributed by atoms with Crippen molar-refractivity contribution in [1.29, 1.82) is 0 Å². The second-order valence-electron chi connectivity index (χ2n) is 6.38. The van der Waals surface area contributed by atoms with Crippen LogP contribution in [0.2, 0.25) is 0 Å². The van der Waals surface area contributed by atoms with Crippen molar-refractivity contribution >= 4 is 11.3 Å². The van der Waals surface area contributed by atoms with E-state index in [0.29, 0.717) is 19.3 Å². The van der Waals surface area contributed by atoms with Gasteiger partial charge in [-0.2, -0.15) is 0 Å². The van der Waals surface area contributed by atoms with Crippen molar-refractivity contribution in [3.05, 3.63) is 21.9 Å². The number of ether oxygens (including phenoxy) is 2. The molecule has 1 aromatic rings. The largest absolute Gasteiger partial charge is 0.389 e. The standard InChI is InChI=1S/C17H29NO3S/c1-13(2)21-12-15(19)9-18(10-16-5-4-8-20-16)11-17-7-6-14(3)22-17/h6-7,13,15-16,19H,4-5,8-12H2,1-3H3/t15-,16+/m1/s1. The Balaban J connectivity index is 1.88. The number of aliphatic hydroxyl groups excluding tert-OH is 1. The molecule has 1 fully saturated rings. The Morgan fingerprint density at radius 1 is 1.45 bits per heavy atom. The molecule has 4 nitrogen and oxygen atoms in total. The summed E-state index contributed by atoms with van der Waals surface area (Å²) in [6.07, 6.45) is 2.28. The van der Waals surface area contributed by atoms with Crippen LogP contribution in [0.4, 0.5) is 0 Å². The molecule has 22 heavy (non-hydrogen) atoms. The van der Waals surface area contributed by atoms with Gasteiger partial charge in [-0.25, -0.2) is 0 Å². The third-order valence-corrected chi connectivity index (χ3v) is 4.74. The fourth-order valence-corrected chi connectivity index (χ4v) is 3.66. The zero-order valence-electron chi connectivity index (χ0n) is 14.0. The highest BCUT2D eigenvalue weighted by Crippen LogP contribution is 2.20. The first-order chi connectivity index (χ1) is 10.5. The number of thiophene rings is 1. The number of hydrogen-bond donors (Lipinski definition) is 1. The quantitative estimate of drug-likeness (QED) is 0.757. The van der Waals surface area contributed by atoms with Crippen molar-refractivity contribution in [2.24, 2.45) is 0 Å². The minimum absolute atomic E-state index is 0.154. The topological polar surface area (TPSA) is 41.9 Å². The summed E-state index contributed by atoms with van der Waals surface area (Å²) < 4.78 is 11.3. The van der Waals surface area contributed by atoms with Crippen LogP contribution in [-0.4, -0.2) is 54.6 Å². The van der Waals surface area contributed by atoms with E-state index in [4.69, 9.17) is 9.47 Å². The van der Waals surface area contributed by atoms with Gasteiger partial charge < -0.3 is 14.6 Å². The lowest BCUT2D eigenvalue weighted by atomic mass is 10.2. The molecule has 2 atom stereocenters. The van der Waals surface area contributed by atoms with Gasteiger partial charge in [-0.05, 0) is 45.7 Å². The Labute approximate surface area is 138 Å². The molecule has 0 spiro atoms. The molecule has 1 N–H and O–H groups in total. The van der Waals surface area contributed by atoms with E-state index in [2.05, 4.69) is 24.0 Å². The maximum absolute atomic E-state index is 10.2. The molecular formula is C17H29NO3S. The van der Waals surface area contributed by atoms with Gasteiger partial charge in [0.25, 0.3) is 0 Å². The van der Waals surface area contributed by atoms with E-state index < -0.39 is 6.10 Å². The van der Waals surface area contributed by atoms with Gasteiger partial charge in [-0.1, -0.05) is 0 Å². The van der Waals surface area contributed by atoms with Crippen LogP contribution < -0.4 is 0 Å². The fourth-order valence-electron chi connectivity index (χ4n) is 2.72. The number of hydrogen-bond acceptors (Lipinski definition) is 5. The van der Waals surface area contributed by atoms with Gasteiger partial charge in [-0.3, -0.25) is 4.90 Å². The molecule has 0 radical (unpaired) electrons. The first-order valence-electron chi connectivity index (χ1n) is 8.22. The van der Waals surface area contributed by atoms with Gasteiger partial charge in [0.15, 0.2) is 0 Å². The van der Waals surface area contributed by atoms with E-state index >= 15 is 0 Å². The minimum Gasteiger partial charge on any atom is -0.389 e. The Kier molecular flexibility index (Phi) is 7.31. The molecule has 1 aliphatic rings. The zero-order valence-corrected chi connectivity index (χ0v) is 14.8. The molecule has 0 aliphatic carbocycles. The van der Waals surface area contributed by atoms with Gasteiger partial charge in [0.2, 0.25) is 0 Å². The van der Waals surface area contributed by atoms with Crippen LogP contribution in [0, 0.1) is 6.92 Å². The van der Waals surface area contributed by atoms with Crippen molar-refractivity contribution in [2.75, 3.05) is 26.3 Å². The first-order valence-corrected chi connectivity index (χ1v) is 9.03. The van der Waals surface area contributed by atoms with Crippen molar-refractivity contribution in [1.82, 2.24) is 4.90 Å². The monoisotopic (exact) mass is 327 g/mol. The van der Waals surface area contributed by atoms with Crippen LogP contribution in [0.3, 0.4) is 0 Å². The summed E-state index contributed by atoms with van der Waals surface area (Å²) in [5.41, 5.74) is 0. The van der Waals surface area contributed by atoms with Crippen LogP contribution in [-0.2, 0) is 16.0 Å². The highest BCUT2D eigenvalue weighted by atomic mass is 32.1. The molecule has 0 aromatic carbocycles. The molecule has 0 saturated carbocycles. The van der Waals surface area contributed by atoms with E-state index in [1.807, 2.05) is 25.2 Å². The van der Waals surface area contributed by atoms with Crippen LogP contribution >= 0.6 is 11.3 Å². The van der Waals surface area contributed by atoms with Crippen LogP contribution in [0.15, 0.2) is 12.1 Å². The molecular weight excluding hydrogens is 298 g/mol. The number of nitrogens with zero attached hydrogens (tertiary/aromatic N) is 1. The summed E-state index contributed by atoms with van der Waals surface area (Å²) in [5, 5.41) is 10.2. The normalized spacial score (nSPS) is 20.2. The summed E-state index contributed by atoms with van der Waals surface area (Å²) in [6.45, 7) is 9.76. The molecule has 126 valence electrons. The summed E-state index contributed by atoms with van der Waals surface area (Å²) >= 11 is 1.82. The van der Waals surface area contributed by atoms with E-state index in [-0.39, 0.29) is 6.10 Å². The summed E-state index contributed by atoms with van der Waals surface area (Å²) in [4.78, 5) is 4.97. The predicted octanol–water partition coefficient (Wildman–Crippen LogP) is 2.82. The molecule has 1 saturated heterocycles. The number of aliphatic hydroxyl groups is 1. The summed E-state index contributed by atoms with van der Waals surface area (Å²) in [7, 11) is 0. The van der Waals surface area contributed by atoms with Gasteiger partial charge in [0.05, 0.1) is 24.9 Å². The lowest BCUT2D eigenvalue weighted by molar-refractivity contribution is -0.0170. The zero-order chi connectivity index (χ0) is 15.9. The molecule has 2 rings (SSSR count). The molecule has 1 aliphatic heterocycles. The second-order valence-corrected chi connectivity index (χ2v) is 7.75. The van der Waals surface area contributed by atoms with Gasteiger partial charge in [0.1, 0.15) is 0 Å². The van der Waals surface area contributed by atoms with Crippen LogP contribution in [0.5, 0.6) is 0 Å². The number of rotatable bonds is 9. The van der Waals surface area contributed by atoms with Gasteiger partial charge in [-0.15, -0.1) is 11.3 Å². The van der Waals surface area contributed by atoms with Crippen molar-refractivity contribution in [2.45, 2.75) is 58.5 Å². The Morgan fingerprint density at radius 3 is 2.86 bits per heavy atom. The average molecular weight is 327 g/mol. The van der Waals surface area contributed by atoms with Gasteiger partial charge in [0, 0.05) is 36.0 Å². The van der Waals surface area contributed by atoms with E-state index in [1.54, 1.807) is 0 Å². The predicted molar refractivity (Wildman–Crippen MR) is 90.4 cm³/mol. The molecule has 2 heterocycles. The average Bonchev–Trinajstić information content (AvgIpc) is 3.08. The summed E-state index contributed by atoms with van der Waals surface area (Å²) in [6, 6.07) is 4.34. The second kappa shape index (κ2) is 8.99. The SMILES string of the molecule is Cc1ccc(CN(C[C@@H](O)COC(C)C)C[C@@H]2CCCO2)s1. The number of aryl methyl sites for hydroxylation is 1. The van der Waals surface area contributed by atoms with Gasteiger partial charge >= 0.3 is 0 Å². The Hall–Kier alpha value is -0.460. The highest BCUT2D eigenvalue weighted by Gasteiger charge is 2.21. The third-order valence-electron chi connectivity index (χ3n) is 3.75. The maximum Gasteiger partial charge on any atom is 0.0900 e. The fraction of sp³-hybridized carbons (Fsp3) is 0.765. The summed E-state index contributed by atoms with van der Waals surface area (Å²) in [5.74, 6) is 0. The molecule has 0 bridgehead atoms. The van der Waals surface area contributed by atoms with E-state index in [9.17, 15) is 5.11 Å². The van der Waals surface area contributed by atoms with Crippen molar-refractivity contribution in [3.8, 4) is 0 Å². The molecule has 5 heteroatoms. The smallest absolute Gasteiger partial charge is 0.0900 e. The molecule has 1 aromatic heterocycles. The Morgan fingerprint density at radius 2 is 2.27 bits per heavy atom.